The molecule has 92 valence electrons. The molecule has 1 atom stereocenters. The van der Waals surface area contributed by atoms with Gasteiger partial charge < -0.3 is 4.98 Å². The van der Waals surface area contributed by atoms with Gasteiger partial charge in [-0.3, -0.25) is 4.79 Å². The van der Waals surface area contributed by atoms with Crippen molar-refractivity contribution in [1.82, 2.24) is 9.71 Å². The van der Waals surface area contributed by atoms with E-state index in [1.807, 2.05) is 13.8 Å². The molecule has 0 amide bonds. The smallest absolute Gasteiger partial charge is 0.305 e. The summed E-state index contributed by atoms with van der Waals surface area (Å²) < 4.78 is 26.5. The molecule has 7 heteroatoms. The van der Waals surface area contributed by atoms with Gasteiger partial charge in [0.05, 0.1) is 0 Å². The van der Waals surface area contributed by atoms with E-state index in [2.05, 4.69) is 9.71 Å². The summed E-state index contributed by atoms with van der Waals surface area (Å²) in [5.41, 5.74) is 0.387. The van der Waals surface area contributed by atoms with Crippen molar-refractivity contribution in [1.29, 1.82) is 0 Å². The second-order valence-corrected chi connectivity index (χ2v) is 6.97. The number of rotatable bonds is 4. The van der Waals surface area contributed by atoms with Gasteiger partial charge in [0.2, 0.25) is 0 Å². The predicted octanol–water partition coefficient (Wildman–Crippen LogP) is 1.07. The first-order valence-electron chi connectivity index (χ1n) is 4.96. The van der Waals surface area contributed by atoms with Gasteiger partial charge in [0.25, 0.3) is 10.0 Å². The summed E-state index contributed by atoms with van der Waals surface area (Å²) in [6.07, 6.45) is 0. The lowest BCUT2D eigenvalue weighted by Crippen LogP contribution is -2.36. The highest BCUT2D eigenvalue weighted by Gasteiger charge is 2.23. The molecule has 16 heavy (non-hydrogen) atoms. The van der Waals surface area contributed by atoms with Crippen LogP contribution in [0.5, 0.6) is 0 Å². The van der Waals surface area contributed by atoms with Gasteiger partial charge in [0.15, 0.2) is 4.21 Å². The molecular weight excluding hydrogens is 248 g/mol. The molecule has 0 aliphatic carbocycles. The number of H-pyrrole nitrogens is 1. The molecule has 5 nitrogen and oxygen atoms in total. The maximum Gasteiger partial charge on any atom is 0.305 e. The van der Waals surface area contributed by atoms with Crippen LogP contribution >= 0.6 is 11.3 Å². The molecule has 0 bridgehead atoms. The summed E-state index contributed by atoms with van der Waals surface area (Å²) in [7, 11) is -3.58. The molecule has 1 aromatic rings. The third-order valence-electron chi connectivity index (χ3n) is 2.37. The van der Waals surface area contributed by atoms with Crippen molar-refractivity contribution in [3.05, 3.63) is 15.4 Å². The second-order valence-electron chi connectivity index (χ2n) is 4.08. The number of sulfonamides is 1. The van der Waals surface area contributed by atoms with Crippen LogP contribution in [0, 0.1) is 12.8 Å². The average Bonchev–Trinajstić information content (AvgIpc) is 2.45. The minimum Gasteiger partial charge on any atom is -0.315 e. The molecule has 2 N–H and O–H groups in total. The van der Waals surface area contributed by atoms with Crippen molar-refractivity contribution in [3.8, 4) is 0 Å². The molecule has 0 aromatic carbocycles. The number of thiazole rings is 1. The molecule has 1 aromatic heterocycles. The van der Waals surface area contributed by atoms with Crippen molar-refractivity contribution in [2.45, 2.75) is 37.9 Å². The first kappa shape index (κ1) is 13.4. The largest absolute Gasteiger partial charge is 0.315 e. The molecule has 1 rings (SSSR count). The predicted molar refractivity (Wildman–Crippen MR) is 64.3 cm³/mol. The normalized spacial score (nSPS) is 14.3. The summed E-state index contributed by atoms with van der Waals surface area (Å²) >= 11 is 0.713. The Morgan fingerprint density at radius 1 is 1.31 bits per heavy atom. The van der Waals surface area contributed by atoms with Crippen LogP contribution in [0.25, 0.3) is 0 Å². The Hall–Kier alpha value is -0.660. The van der Waals surface area contributed by atoms with Crippen LogP contribution in [-0.4, -0.2) is 19.4 Å². The number of aromatic nitrogens is 1. The summed E-state index contributed by atoms with van der Waals surface area (Å²) in [4.78, 5) is 13.2. The summed E-state index contributed by atoms with van der Waals surface area (Å²) in [6, 6.07) is -0.165. The Kier molecular flexibility index (Phi) is 3.92. The number of aromatic amines is 1. The zero-order chi connectivity index (χ0) is 12.5. The quantitative estimate of drug-likeness (QED) is 0.853. The van der Waals surface area contributed by atoms with Crippen LogP contribution in [0.4, 0.5) is 0 Å². The van der Waals surface area contributed by atoms with Gasteiger partial charge in [-0.25, -0.2) is 13.1 Å². The van der Waals surface area contributed by atoms with Gasteiger partial charge in [0.1, 0.15) is 0 Å². The number of hydrogen-bond acceptors (Lipinski definition) is 4. The summed E-state index contributed by atoms with van der Waals surface area (Å²) in [5, 5.41) is 0. The van der Waals surface area contributed by atoms with Crippen LogP contribution in [-0.2, 0) is 10.0 Å². The third-order valence-corrected chi connectivity index (χ3v) is 5.53. The molecule has 1 unspecified atom stereocenters. The van der Waals surface area contributed by atoms with Crippen LogP contribution in [0.15, 0.2) is 9.00 Å². The van der Waals surface area contributed by atoms with E-state index in [9.17, 15) is 13.2 Å². The minimum absolute atomic E-state index is 0.0741. The number of hydrogen-bond donors (Lipinski definition) is 2. The molecule has 0 aliphatic heterocycles. The molecule has 0 spiro atoms. The Balaban J connectivity index is 3.04. The molecule has 0 radical (unpaired) electrons. The van der Waals surface area contributed by atoms with Crippen LogP contribution in [0.1, 0.15) is 26.5 Å². The van der Waals surface area contributed by atoms with Crippen molar-refractivity contribution in [2.75, 3.05) is 0 Å². The first-order chi connectivity index (χ1) is 7.24. The summed E-state index contributed by atoms with van der Waals surface area (Å²) in [6.45, 7) is 7.23. The topological polar surface area (TPSA) is 79.0 Å². The third kappa shape index (κ3) is 2.93. The van der Waals surface area contributed by atoms with Gasteiger partial charge in [0, 0.05) is 11.7 Å². The van der Waals surface area contributed by atoms with E-state index in [0.29, 0.717) is 17.0 Å². The number of aryl methyl sites for hydroxylation is 1. The van der Waals surface area contributed by atoms with Gasteiger partial charge in [-0.2, -0.15) is 0 Å². The van der Waals surface area contributed by atoms with Crippen molar-refractivity contribution in [2.24, 2.45) is 5.92 Å². The Bertz CT molecular complexity index is 513. The van der Waals surface area contributed by atoms with E-state index >= 15 is 0 Å². The van der Waals surface area contributed by atoms with Gasteiger partial charge in [-0.1, -0.05) is 25.2 Å². The van der Waals surface area contributed by atoms with E-state index in [1.165, 1.54) is 0 Å². The van der Waals surface area contributed by atoms with Crippen molar-refractivity contribution < 1.29 is 8.42 Å². The van der Waals surface area contributed by atoms with Gasteiger partial charge >= 0.3 is 4.87 Å². The molecular formula is C9H16N2O3S2. The van der Waals surface area contributed by atoms with Crippen LogP contribution < -0.4 is 9.60 Å². The fourth-order valence-corrected chi connectivity index (χ4v) is 3.79. The zero-order valence-electron chi connectivity index (χ0n) is 9.70. The highest BCUT2D eigenvalue weighted by atomic mass is 32.2. The SMILES string of the molecule is Cc1[nH]c(=O)sc1S(=O)(=O)NC(C)C(C)C. The van der Waals surface area contributed by atoms with Crippen LogP contribution in [0.3, 0.4) is 0 Å². The lowest BCUT2D eigenvalue weighted by molar-refractivity contribution is 0.477. The highest BCUT2D eigenvalue weighted by molar-refractivity contribution is 7.91. The highest BCUT2D eigenvalue weighted by Crippen LogP contribution is 2.16. The Labute approximate surface area is 99.0 Å². The molecule has 1 heterocycles. The first-order valence-corrected chi connectivity index (χ1v) is 7.26. The van der Waals surface area contributed by atoms with Crippen molar-refractivity contribution >= 4 is 21.4 Å². The lowest BCUT2D eigenvalue weighted by atomic mass is 10.1. The van der Waals surface area contributed by atoms with E-state index in [1.54, 1.807) is 13.8 Å². The van der Waals surface area contributed by atoms with E-state index in [0.717, 1.165) is 0 Å². The maximum absolute atomic E-state index is 11.9. The molecule has 0 saturated heterocycles. The fourth-order valence-electron chi connectivity index (χ4n) is 1.08. The standard InChI is InChI=1S/C9H16N2O3S2/c1-5(2)6(3)11-16(13,14)8-7(4)10-9(12)15-8/h5-6,11H,1-4H3,(H,10,12). The molecule has 0 saturated carbocycles. The van der Waals surface area contributed by atoms with E-state index < -0.39 is 10.0 Å². The zero-order valence-corrected chi connectivity index (χ0v) is 11.3. The molecule has 0 aliphatic rings. The Morgan fingerprint density at radius 2 is 1.88 bits per heavy atom. The number of nitrogens with one attached hydrogen (secondary N) is 2. The Morgan fingerprint density at radius 3 is 2.25 bits per heavy atom. The minimum atomic E-state index is -3.58. The van der Waals surface area contributed by atoms with Crippen LogP contribution in [0.2, 0.25) is 0 Å². The van der Waals surface area contributed by atoms with Gasteiger partial charge in [-0.15, -0.1) is 0 Å². The second kappa shape index (κ2) is 4.68. The average molecular weight is 264 g/mol. The lowest BCUT2D eigenvalue weighted by Gasteiger charge is -2.16. The monoisotopic (exact) mass is 264 g/mol. The van der Waals surface area contributed by atoms with E-state index in [4.69, 9.17) is 0 Å². The summed E-state index contributed by atoms with van der Waals surface area (Å²) in [5.74, 6) is 0.200. The fraction of sp³-hybridized carbons (Fsp3) is 0.667. The van der Waals surface area contributed by atoms with Crippen molar-refractivity contribution in [3.63, 3.8) is 0 Å². The van der Waals surface area contributed by atoms with Gasteiger partial charge in [-0.05, 0) is 19.8 Å². The maximum atomic E-state index is 11.9. The van der Waals surface area contributed by atoms with E-state index in [-0.39, 0.29) is 21.0 Å². The molecule has 0 fully saturated rings.